The molecule has 1 amide bonds. The van der Waals surface area contributed by atoms with E-state index in [0.717, 1.165) is 49.6 Å². The van der Waals surface area contributed by atoms with E-state index in [1.165, 1.54) is 6.42 Å². The number of hydrogen-bond donors (Lipinski definition) is 0. The molecule has 1 saturated heterocycles. The first-order valence-corrected chi connectivity index (χ1v) is 10.2. The predicted octanol–water partition coefficient (Wildman–Crippen LogP) is 3.54. The number of hydrogen-bond acceptors (Lipinski definition) is 3. The topological polar surface area (TPSA) is 26.8 Å². The molecule has 4 nitrogen and oxygen atoms in total. The van der Waals surface area contributed by atoms with Gasteiger partial charge in [-0.25, -0.2) is 0 Å². The van der Waals surface area contributed by atoms with Gasteiger partial charge < -0.3 is 9.80 Å². The number of nitrogens with zero attached hydrogens (tertiary/aromatic N) is 3. The largest absolute Gasteiger partial charge is 0.340 e. The fraction of sp³-hybridized carbons (Fsp3) is 0.667. The maximum Gasteiger partial charge on any atom is 0.222 e. The van der Waals surface area contributed by atoms with Gasteiger partial charge in [-0.15, -0.1) is 0 Å². The van der Waals surface area contributed by atoms with Crippen LogP contribution in [0.1, 0.15) is 38.7 Å². The van der Waals surface area contributed by atoms with E-state index in [4.69, 9.17) is 11.6 Å². The molecule has 2 atom stereocenters. The maximum absolute atomic E-state index is 12.6. The van der Waals surface area contributed by atoms with Crippen molar-refractivity contribution in [2.75, 3.05) is 40.3 Å². The number of rotatable bonds is 8. The van der Waals surface area contributed by atoms with Crippen LogP contribution in [-0.4, -0.2) is 73.0 Å². The lowest BCUT2D eigenvalue weighted by Crippen LogP contribution is -2.58. The van der Waals surface area contributed by atoms with Crippen LogP contribution in [0.25, 0.3) is 0 Å². The molecular formula is C21H34ClN3O. The van der Waals surface area contributed by atoms with Crippen molar-refractivity contribution >= 4 is 17.5 Å². The first kappa shape index (κ1) is 21.2. The normalized spacial score (nSPS) is 21.4. The number of benzene rings is 1. The Hall–Kier alpha value is -1.10. The van der Waals surface area contributed by atoms with E-state index in [1.54, 1.807) is 0 Å². The standard InChI is InChI=1S/C21H34ClN3O/c1-17-15-24(16-18(2)25(17)14-8-13-23(3)4)21(26)12-7-10-19-9-5-6-11-20(19)22/h5-6,9,11,17-18H,7-8,10,12-16H2,1-4H3. The predicted molar refractivity (Wildman–Crippen MR) is 110 cm³/mol. The fourth-order valence-corrected chi connectivity index (χ4v) is 4.09. The first-order chi connectivity index (χ1) is 12.4. The van der Waals surface area contributed by atoms with Crippen molar-refractivity contribution in [2.45, 2.75) is 51.6 Å². The number of piperazine rings is 1. The summed E-state index contributed by atoms with van der Waals surface area (Å²) in [7, 11) is 4.23. The van der Waals surface area contributed by atoms with E-state index in [0.29, 0.717) is 18.5 Å². The van der Waals surface area contributed by atoms with Gasteiger partial charge in [0.1, 0.15) is 0 Å². The molecule has 0 radical (unpaired) electrons. The smallest absolute Gasteiger partial charge is 0.222 e. The highest BCUT2D eigenvalue weighted by molar-refractivity contribution is 6.31. The molecule has 1 aliphatic heterocycles. The third-order valence-electron chi connectivity index (χ3n) is 5.27. The number of carbonyl (C=O) groups is 1. The Kier molecular flexibility index (Phi) is 8.39. The van der Waals surface area contributed by atoms with Gasteiger partial charge in [-0.05, 0) is 65.4 Å². The Labute approximate surface area is 164 Å². The molecule has 0 N–H and O–H groups in total. The summed E-state index contributed by atoms with van der Waals surface area (Å²) in [6, 6.07) is 8.75. The molecule has 146 valence electrons. The van der Waals surface area contributed by atoms with Crippen LogP contribution in [-0.2, 0) is 11.2 Å². The number of halogens is 1. The average Bonchev–Trinajstić information content (AvgIpc) is 2.58. The third kappa shape index (κ3) is 6.26. The minimum Gasteiger partial charge on any atom is -0.340 e. The lowest BCUT2D eigenvalue weighted by molar-refractivity contribution is -0.135. The van der Waals surface area contributed by atoms with Crippen molar-refractivity contribution < 1.29 is 4.79 Å². The minimum absolute atomic E-state index is 0.281. The summed E-state index contributed by atoms with van der Waals surface area (Å²) < 4.78 is 0. The van der Waals surface area contributed by atoms with Gasteiger partial charge in [-0.2, -0.15) is 0 Å². The third-order valence-corrected chi connectivity index (χ3v) is 5.64. The van der Waals surface area contributed by atoms with Gasteiger partial charge in [0.25, 0.3) is 0 Å². The molecule has 2 rings (SSSR count). The molecule has 1 heterocycles. The molecule has 1 aliphatic rings. The van der Waals surface area contributed by atoms with Crippen LogP contribution in [0.2, 0.25) is 5.02 Å². The van der Waals surface area contributed by atoms with Crippen LogP contribution in [0.5, 0.6) is 0 Å². The SMILES string of the molecule is CC1CN(C(=O)CCCc2ccccc2Cl)CC(C)N1CCCN(C)C. The van der Waals surface area contributed by atoms with Crippen molar-refractivity contribution in [3.63, 3.8) is 0 Å². The Morgan fingerprint density at radius 2 is 1.81 bits per heavy atom. The van der Waals surface area contributed by atoms with Gasteiger partial charge >= 0.3 is 0 Å². The lowest BCUT2D eigenvalue weighted by Gasteiger charge is -2.44. The van der Waals surface area contributed by atoms with Crippen molar-refractivity contribution in [3.8, 4) is 0 Å². The molecule has 0 aliphatic carbocycles. The zero-order chi connectivity index (χ0) is 19.1. The van der Waals surface area contributed by atoms with Crippen molar-refractivity contribution in [2.24, 2.45) is 0 Å². The second-order valence-electron chi connectivity index (χ2n) is 7.84. The molecule has 26 heavy (non-hydrogen) atoms. The first-order valence-electron chi connectivity index (χ1n) is 9.80. The van der Waals surface area contributed by atoms with Gasteiger partial charge in [0.15, 0.2) is 0 Å². The van der Waals surface area contributed by atoms with Crippen LogP contribution in [0.15, 0.2) is 24.3 Å². The molecule has 0 bridgehead atoms. The number of carbonyl (C=O) groups excluding carboxylic acids is 1. The van der Waals surface area contributed by atoms with Gasteiger partial charge in [0, 0.05) is 43.2 Å². The summed E-state index contributed by atoms with van der Waals surface area (Å²) in [5.74, 6) is 0.281. The van der Waals surface area contributed by atoms with Gasteiger partial charge in [0.2, 0.25) is 5.91 Å². The zero-order valence-corrected chi connectivity index (χ0v) is 17.5. The summed E-state index contributed by atoms with van der Waals surface area (Å²) in [5, 5.41) is 0.800. The number of amides is 1. The van der Waals surface area contributed by atoms with E-state index in [2.05, 4.69) is 42.6 Å². The highest BCUT2D eigenvalue weighted by Gasteiger charge is 2.31. The van der Waals surface area contributed by atoms with Crippen LogP contribution in [0.3, 0.4) is 0 Å². The van der Waals surface area contributed by atoms with Crippen LogP contribution < -0.4 is 0 Å². The molecule has 5 heteroatoms. The quantitative estimate of drug-likeness (QED) is 0.691. The summed E-state index contributed by atoms with van der Waals surface area (Å²) in [4.78, 5) is 19.5. The average molecular weight is 380 g/mol. The van der Waals surface area contributed by atoms with E-state index < -0.39 is 0 Å². The van der Waals surface area contributed by atoms with E-state index in [1.807, 2.05) is 24.3 Å². The summed E-state index contributed by atoms with van der Waals surface area (Å²) in [6.07, 6.45) is 3.49. The molecule has 1 aromatic rings. The number of aryl methyl sites for hydroxylation is 1. The summed E-state index contributed by atoms with van der Waals surface area (Å²) in [5.41, 5.74) is 1.13. The maximum atomic E-state index is 12.6. The van der Waals surface area contributed by atoms with Crippen molar-refractivity contribution in [1.82, 2.24) is 14.7 Å². The van der Waals surface area contributed by atoms with Crippen LogP contribution in [0, 0.1) is 0 Å². The molecule has 0 aromatic heterocycles. The van der Waals surface area contributed by atoms with Gasteiger partial charge in [-0.1, -0.05) is 29.8 Å². The Morgan fingerprint density at radius 3 is 2.42 bits per heavy atom. The van der Waals surface area contributed by atoms with E-state index in [9.17, 15) is 4.79 Å². The molecular weight excluding hydrogens is 346 g/mol. The Morgan fingerprint density at radius 1 is 1.15 bits per heavy atom. The lowest BCUT2D eigenvalue weighted by atomic mass is 10.0. The Balaban J connectivity index is 1.77. The van der Waals surface area contributed by atoms with Gasteiger partial charge in [0.05, 0.1) is 0 Å². The second-order valence-corrected chi connectivity index (χ2v) is 8.24. The zero-order valence-electron chi connectivity index (χ0n) is 16.7. The highest BCUT2D eigenvalue weighted by atomic mass is 35.5. The summed E-state index contributed by atoms with van der Waals surface area (Å²) >= 11 is 6.20. The monoisotopic (exact) mass is 379 g/mol. The van der Waals surface area contributed by atoms with Crippen LogP contribution >= 0.6 is 11.6 Å². The Bertz CT molecular complexity index is 566. The minimum atomic E-state index is 0.281. The van der Waals surface area contributed by atoms with E-state index >= 15 is 0 Å². The molecule has 2 unspecified atom stereocenters. The van der Waals surface area contributed by atoms with Crippen molar-refractivity contribution in [3.05, 3.63) is 34.9 Å². The highest BCUT2D eigenvalue weighted by Crippen LogP contribution is 2.20. The molecule has 1 aromatic carbocycles. The van der Waals surface area contributed by atoms with Crippen molar-refractivity contribution in [1.29, 1.82) is 0 Å². The van der Waals surface area contributed by atoms with E-state index in [-0.39, 0.29) is 5.91 Å². The molecule has 1 fully saturated rings. The van der Waals surface area contributed by atoms with Gasteiger partial charge in [-0.3, -0.25) is 9.69 Å². The molecule has 0 spiro atoms. The van der Waals surface area contributed by atoms with Crippen LogP contribution in [0.4, 0.5) is 0 Å². The molecule has 0 saturated carbocycles. The summed E-state index contributed by atoms with van der Waals surface area (Å²) in [6.45, 7) is 8.40. The second kappa shape index (κ2) is 10.3. The fourth-order valence-electron chi connectivity index (χ4n) is 3.86.